The van der Waals surface area contributed by atoms with Gasteiger partial charge in [0.2, 0.25) is 0 Å². The van der Waals surface area contributed by atoms with Crippen LogP contribution in [0.2, 0.25) is 0 Å². The minimum Gasteiger partial charge on any atom is -0.399 e. The van der Waals surface area contributed by atoms with Gasteiger partial charge in [-0.15, -0.1) is 0 Å². The van der Waals surface area contributed by atoms with Gasteiger partial charge < -0.3 is 9.94 Å². The highest BCUT2D eigenvalue weighted by Crippen LogP contribution is 2.47. The molecule has 0 aliphatic carbocycles. The lowest BCUT2D eigenvalue weighted by atomic mass is 9.73. The van der Waals surface area contributed by atoms with Gasteiger partial charge >= 0.3 is 0 Å². The van der Waals surface area contributed by atoms with E-state index in [-0.39, 0.29) is 18.1 Å². The number of fused-ring (bicyclic) bond motifs is 2. The summed E-state index contributed by atoms with van der Waals surface area (Å²) in [5.74, 6) is 0.600. The summed E-state index contributed by atoms with van der Waals surface area (Å²) in [5.41, 5.74) is 2.41. The molecule has 2 fully saturated rings. The van der Waals surface area contributed by atoms with Gasteiger partial charge in [0.15, 0.2) is 0 Å². The molecule has 2 saturated heterocycles. The summed E-state index contributed by atoms with van der Waals surface area (Å²) in [5, 5.41) is 14.9. The summed E-state index contributed by atoms with van der Waals surface area (Å²) in [6, 6.07) is 9.39. The van der Waals surface area contributed by atoms with E-state index in [1.807, 2.05) is 0 Å². The van der Waals surface area contributed by atoms with E-state index in [4.69, 9.17) is 4.84 Å². The smallest absolute Gasteiger partial charge is 0.106 e. The van der Waals surface area contributed by atoms with Crippen LogP contribution in [0.1, 0.15) is 37.7 Å². The Hall–Kier alpha value is -0.660. The number of halogens is 1. The fourth-order valence-electron chi connectivity index (χ4n) is 4.49. The van der Waals surface area contributed by atoms with Crippen molar-refractivity contribution in [3.05, 3.63) is 33.4 Å². The third-order valence-electron chi connectivity index (χ3n) is 5.54. The maximum absolute atomic E-state index is 10.6. The molecule has 0 saturated carbocycles. The second-order valence-electron chi connectivity index (χ2n) is 6.65. The summed E-state index contributed by atoms with van der Waals surface area (Å²) >= 11 is 2.34. The predicted molar refractivity (Wildman–Crippen MR) is 101 cm³/mol. The first-order chi connectivity index (χ1) is 11.1. The summed E-state index contributed by atoms with van der Waals surface area (Å²) < 4.78 is 1.25. The average molecular weight is 428 g/mol. The lowest BCUT2D eigenvalue weighted by Crippen LogP contribution is -2.51. The Morgan fingerprint density at radius 3 is 2.65 bits per heavy atom. The minimum absolute atomic E-state index is 0.131. The van der Waals surface area contributed by atoms with Crippen LogP contribution >= 0.6 is 22.6 Å². The summed E-state index contributed by atoms with van der Waals surface area (Å²) in [6.45, 7) is 2.12. The predicted octanol–water partition coefficient (Wildman–Crippen LogP) is 3.24. The molecule has 126 valence electrons. The monoisotopic (exact) mass is 428 g/mol. The molecule has 0 aromatic heterocycles. The molecule has 1 aromatic carbocycles. The lowest BCUT2D eigenvalue weighted by Gasteiger charge is -2.43. The SMILES string of the molecule is CCC(=NOC)[C@@H]1[C@H]2C(O)CC(C[C@H]1c1ccc(I)cc1)N2C. The highest BCUT2D eigenvalue weighted by Gasteiger charge is 2.52. The Morgan fingerprint density at radius 2 is 2.04 bits per heavy atom. The molecule has 5 heteroatoms. The molecule has 1 aromatic rings. The number of aliphatic hydroxyl groups is 1. The molecule has 2 aliphatic rings. The maximum Gasteiger partial charge on any atom is 0.106 e. The van der Waals surface area contributed by atoms with E-state index in [2.05, 4.69) is 70.9 Å². The summed E-state index contributed by atoms with van der Waals surface area (Å²) in [7, 11) is 3.75. The van der Waals surface area contributed by atoms with Crippen molar-refractivity contribution in [1.29, 1.82) is 0 Å². The van der Waals surface area contributed by atoms with E-state index in [1.54, 1.807) is 7.11 Å². The van der Waals surface area contributed by atoms with Crippen LogP contribution in [0.3, 0.4) is 0 Å². The van der Waals surface area contributed by atoms with Crippen molar-refractivity contribution < 1.29 is 9.94 Å². The number of hydrogen-bond donors (Lipinski definition) is 1. The number of hydrogen-bond acceptors (Lipinski definition) is 4. The zero-order chi connectivity index (χ0) is 16.6. The molecule has 0 radical (unpaired) electrons. The zero-order valence-corrected chi connectivity index (χ0v) is 16.1. The van der Waals surface area contributed by atoms with Gasteiger partial charge in [-0.2, -0.15) is 0 Å². The minimum atomic E-state index is -0.280. The van der Waals surface area contributed by atoms with Crippen molar-refractivity contribution in [1.82, 2.24) is 4.90 Å². The standard InChI is InChI=1S/C18H25IN2O2/c1-4-15(20-23-3)17-14(11-5-7-12(19)8-6-11)9-13-10-16(22)18(17)21(13)2/h5-8,13-14,16-18,22H,4,9-10H2,1-3H3/t13?,14-,16?,17+,18+/m0/s1. The Kier molecular flexibility index (Phi) is 5.28. The zero-order valence-electron chi connectivity index (χ0n) is 13.9. The molecule has 3 rings (SSSR count). The van der Waals surface area contributed by atoms with Gasteiger partial charge in [0.05, 0.1) is 11.8 Å². The number of likely N-dealkylation sites (N-methyl/N-ethyl adjacent to an activating group) is 1. The van der Waals surface area contributed by atoms with Crippen LogP contribution in [0.4, 0.5) is 0 Å². The van der Waals surface area contributed by atoms with E-state index in [1.165, 1.54) is 9.13 Å². The second-order valence-corrected chi connectivity index (χ2v) is 7.90. The van der Waals surface area contributed by atoms with Gasteiger partial charge in [-0.25, -0.2) is 0 Å². The van der Waals surface area contributed by atoms with Gasteiger partial charge in [0, 0.05) is 21.6 Å². The second kappa shape index (κ2) is 7.07. The fourth-order valence-corrected chi connectivity index (χ4v) is 4.85. The lowest BCUT2D eigenvalue weighted by molar-refractivity contribution is 0.0694. The van der Waals surface area contributed by atoms with Gasteiger partial charge in [0.1, 0.15) is 7.11 Å². The Balaban J connectivity index is 2.02. The Morgan fingerprint density at radius 1 is 1.35 bits per heavy atom. The van der Waals surface area contributed by atoms with Crippen LogP contribution in [0.25, 0.3) is 0 Å². The van der Waals surface area contributed by atoms with Crippen molar-refractivity contribution in [2.24, 2.45) is 11.1 Å². The van der Waals surface area contributed by atoms with Crippen molar-refractivity contribution in [3.63, 3.8) is 0 Å². The van der Waals surface area contributed by atoms with Crippen LogP contribution in [0.5, 0.6) is 0 Å². The number of rotatable bonds is 4. The molecule has 0 amide bonds. The maximum atomic E-state index is 10.6. The van der Waals surface area contributed by atoms with E-state index in [9.17, 15) is 5.11 Å². The largest absolute Gasteiger partial charge is 0.399 e. The number of benzene rings is 1. The van der Waals surface area contributed by atoms with Gasteiger partial charge in [-0.05, 0) is 72.5 Å². The first-order valence-corrected chi connectivity index (χ1v) is 9.40. The van der Waals surface area contributed by atoms with Crippen LogP contribution in [0.15, 0.2) is 29.4 Å². The number of piperidine rings is 1. The molecule has 2 bridgehead atoms. The molecule has 0 spiro atoms. The van der Waals surface area contributed by atoms with E-state index < -0.39 is 0 Å². The molecular weight excluding hydrogens is 403 g/mol. The van der Waals surface area contributed by atoms with Crippen molar-refractivity contribution in [2.75, 3.05) is 14.2 Å². The number of nitrogens with zero attached hydrogens (tertiary/aromatic N) is 2. The van der Waals surface area contributed by atoms with Crippen molar-refractivity contribution in [2.45, 2.75) is 50.3 Å². The third kappa shape index (κ3) is 3.15. The van der Waals surface area contributed by atoms with Gasteiger partial charge in [-0.1, -0.05) is 24.2 Å². The van der Waals surface area contributed by atoms with Crippen molar-refractivity contribution in [3.8, 4) is 0 Å². The van der Waals surface area contributed by atoms with Crippen LogP contribution < -0.4 is 0 Å². The summed E-state index contributed by atoms with van der Waals surface area (Å²) in [4.78, 5) is 7.48. The highest BCUT2D eigenvalue weighted by atomic mass is 127. The van der Waals surface area contributed by atoms with Crippen LogP contribution in [0, 0.1) is 9.49 Å². The molecule has 2 heterocycles. The quantitative estimate of drug-likeness (QED) is 0.455. The van der Waals surface area contributed by atoms with E-state index in [0.717, 1.165) is 25.0 Å². The van der Waals surface area contributed by atoms with E-state index >= 15 is 0 Å². The van der Waals surface area contributed by atoms with Crippen LogP contribution in [-0.4, -0.2) is 48.1 Å². The topological polar surface area (TPSA) is 45.1 Å². The van der Waals surface area contributed by atoms with Gasteiger partial charge in [-0.3, -0.25) is 4.90 Å². The molecule has 5 atom stereocenters. The number of aliphatic hydroxyl groups excluding tert-OH is 1. The fraction of sp³-hybridized carbons (Fsp3) is 0.611. The molecule has 1 N–H and O–H groups in total. The highest BCUT2D eigenvalue weighted by molar-refractivity contribution is 14.1. The Labute approximate surface area is 152 Å². The first kappa shape index (κ1) is 17.2. The molecule has 4 nitrogen and oxygen atoms in total. The Bertz CT molecular complexity index is 575. The van der Waals surface area contributed by atoms with Crippen molar-refractivity contribution >= 4 is 28.3 Å². The molecule has 2 unspecified atom stereocenters. The van der Waals surface area contributed by atoms with E-state index in [0.29, 0.717) is 12.0 Å². The molecule has 23 heavy (non-hydrogen) atoms. The molecular formula is C18H25IN2O2. The molecule has 2 aliphatic heterocycles. The third-order valence-corrected chi connectivity index (χ3v) is 6.25. The summed E-state index contributed by atoms with van der Waals surface area (Å²) in [6.07, 6.45) is 2.50. The normalized spacial score (nSPS) is 34.7. The first-order valence-electron chi connectivity index (χ1n) is 8.32. The van der Waals surface area contributed by atoms with Crippen LogP contribution in [-0.2, 0) is 4.84 Å². The average Bonchev–Trinajstić information content (AvgIpc) is 2.72. The van der Waals surface area contributed by atoms with Gasteiger partial charge in [0.25, 0.3) is 0 Å². The number of oxime groups is 1.